The molecule has 8 heteroatoms. The Balaban J connectivity index is 1.43. The van der Waals surface area contributed by atoms with Crippen LogP contribution in [-0.4, -0.2) is 63.8 Å². The topological polar surface area (TPSA) is 91.9 Å². The van der Waals surface area contributed by atoms with Crippen molar-refractivity contribution in [2.24, 2.45) is 0 Å². The molecule has 0 bridgehead atoms. The Bertz CT molecular complexity index is 693. The van der Waals surface area contributed by atoms with Gasteiger partial charge in [-0.15, -0.1) is 0 Å². The number of aryl methyl sites for hydroxylation is 1. The van der Waals surface area contributed by atoms with Gasteiger partial charge in [-0.25, -0.2) is 4.79 Å². The Labute approximate surface area is 146 Å². The number of aliphatic carboxylic acids is 1. The Morgan fingerprint density at radius 1 is 1.16 bits per heavy atom. The third kappa shape index (κ3) is 5.27. The maximum atomic E-state index is 10.5. The van der Waals surface area contributed by atoms with Crippen molar-refractivity contribution in [1.29, 1.82) is 0 Å². The molecule has 0 unspecified atom stereocenters. The van der Waals surface area contributed by atoms with Gasteiger partial charge in [0.2, 0.25) is 5.89 Å². The minimum Gasteiger partial charge on any atom is -0.482 e. The normalized spacial score (nSPS) is 16.0. The lowest BCUT2D eigenvalue weighted by Crippen LogP contribution is -2.45. The van der Waals surface area contributed by atoms with Crippen molar-refractivity contribution in [3.8, 4) is 5.75 Å². The molecule has 0 saturated carbocycles. The van der Waals surface area contributed by atoms with Crippen LogP contribution >= 0.6 is 0 Å². The van der Waals surface area contributed by atoms with Crippen LogP contribution in [0.5, 0.6) is 5.75 Å². The molecule has 134 valence electrons. The van der Waals surface area contributed by atoms with Crippen LogP contribution in [0, 0.1) is 6.92 Å². The molecule has 0 radical (unpaired) electrons. The van der Waals surface area contributed by atoms with Gasteiger partial charge < -0.3 is 14.4 Å². The van der Waals surface area contributed by atoms with Crippen LogP contribution < -0.4 is 4.74 Å². The highest BCUT2D eigenvalue weighted by Crippen LogP contribution is 2.15. The van der Waals surface area contributed by atoms with E-state index in [2.05, 4.69) is 19.9 Å². The minimum absolute atomic E-state index is 0.318. The summed E-state index contributed by atoms with van der Waals surface area (Å²) in [4.78, 5) is 19.5. The lowest BCUT2D eigenvalue weighted by atomic mass is 10.2. The number of hydrogen-bond donors (Lipinski definition) is 1. The molecule has 3 rings (SSSR count). The molecule has 2 heterocycles. The van der Waals surface area contributed by atoms with Crippen LogP contribution in [0.3, 0.4) is 0 Å². The first-order valence-electron chi connectivity index (χ1n) is 8.26. The van der Waals surface area contributed by atoms with Gasteiger partial charge in [0.05, 0.1) is 6.54 Å². The SMILES string of the molecule is Cc1nc(CN2CCN(Cc3ccc(OCC(=O)O)cc3)CC2)no1. The zero-order valence-electron chi connectivity index (χ0n) is 14.2. The molecule has 1 fully saturated rings. The number of ether oxygens (including phenoxy) is 1. The molecular formula is C17H22N4O4. The fraction of sp³-hybridized carbons (Fsp3) is 0.471. The Hall–Kier alpha value is -2.45. The molecule has 0 aliphatic carbocycles. The lowest BCUT2D eigenvalue weighted by Gasteiger charge is -2.34. The standard InChI is InChI=1S/C17H22N4O4/c1-13-18-16(19-25-13)11-21-8-6-20(7-9-21)10-14-2-4-15(5-3-14)24-12-17(22)23/h2-5H,6-12H2,1H3,(H,22,23). The van der Waals surface area contributed by atoms with Crippen molar-refractivity contribution < 1.29 is 19.2 Å². The summed E-state index contributed by atoms with van der Waals surface area (Å²) in [5.74, 6) is 0.941. The number of rotatable bonds is 7. The maximum Gasteiger partial charge on any atom is 0.341 e. The van der Waals surface area contributed by atoms with Crippen molar-refractivity contribution in [2.75, 3.05) is 32.8 Å². The Morgan fingerprint density at radius 3 is 2.36 bits per heavy atom. The first-order valence-corrected chi connectivity index (χ1v) is 8.26. The van der Waals surface area contributed by atoms with Gasteiger partial charge in [-0.2, -0.15) is 4.98 Å². The van der Waals surface area contributed by atoms with Crippen LogP contribution in [0.15, 0.2) is 28.8 Å². The summed E-state index contributed by atoms with van der Waals surface area (Å²) in [6.07, 6.45) is 0. The summed E-state index contributed by atoms with van der Waals surface area (Å²) in [6, 6.07) is 7.58. The highest BCUT2D eigenvalue weighted by molar-refractivity contribution is 5.68. The number of carboxylic acid groups (broad SMARTS) is 1. The van der Waals surface area contributed by atoms with Crippen molar-refractivity contribution >= 4 is 5.97 Å². The largest absolute Gasteiger partial charge is 0.482 e. The predicted molar refractivity (Wildman–Crippen MR) is 89.2 cm³/mol. The van der Waals surface area contributed by atoms with E-state index < -0.39 is 5.97 Å². The van der Waals surface area contributed by atoms with Gasteiger partial charge in [0, 0.05) is 39.6 Å². The monoisotopic (exact) mass is 346 g/mol. The van der Waals surface area contributed by atoms with Crippen LogP contribution in [-0.2, 0) is 17.9 Å². The molecule has 8 nitrogen and oxygen atoms in total. The molecule has 1 aliphatic heterocycles. The third-order valence-corrected chi connectivity index (χ3v) is 4.09. The van der Waals surface area contributed by atoms with Crippen LogP contribution in [0.25, 0.3) is 0 Å². The van der Waals surface area contributed by atoms with Crippen molar-refractivity contribution in [2.45, 2.75) is 20.0 Å². The summed E-state index contributed by atoms with van der Waals surface area (Å²) in [6.45, 7) is 6.96. The highest BCUT2D eigenvalue weighted by atomic mass is 16.5. The van der Waals surface area contributed by atoms with Gasteiger partial charge in [0.25, 0.3) is 0 Å². The second-order valence-corrected chi connectivity index (χ2v) is 6.11. The molecule has 2 aromatic rings. The summed E-state index contributed by atoms with van der Waals surface area (Å²) < 4.78 is 10.2. The highest BCUT2D eigenvalue weighted by Gasteiger charge is 2.18. The third-order valence-electron chi connectivity index (χ3n) is 4.09. The molecule has 0 spiro atoms. The number of carbonyl (C=O) groups is 1. The van der Waals surface area contributed by atoms with Gasteiger partial charge in [0.15, 0.2) is 12.4 Å². The average Bonchev–Trinajstić information content (AvgIpc) is 3.01. The molecule has 1 aliphatic rings. The van der Waals surface area contributed by atoms with E-state index in [-0.39, 0.29) is 6.61 Å². The van der Waals surface area contributed by atoms with E-state index >= 15 is 0 Å². The second kappa shape index (κ2) is 8.09. The van der Waals surface area contributed by atoms with E-state index in [1.807, 2.05) is 24.3 Å². The maximum absolute atomic E-state index is 10.5. The first kappa shape index (κ1) is 17.4. The van der Waals surface area contributed by atoms with E-state index in [9.17, 15) is 4.79 Å². The second-order valence-electron chi connectivity index (χ2n) is 6.11. The summed E-state index contributed by atoms with van der Waals surface area (Å²) in [5.41, 5.74) is 1.19. The molecule has 1 aromatic carbocycles. The van der Waals surface area contributed by atoms with Crippen molar-refractivity contribution in [1.82, 2.24) is 19.9 Å². The molecule has 0 amide bonds. The lowest BCUT2D eigenvalue weighted by molar-refractivity contribution is -0.139. The summed E-state index contributed by atoms with van der Waals surface area (Å²) in [7, 11) is 0. The smallest absolute Gasteiger partial charge is 0.341 e. The average molecular weight is 346 g/mol. The van der Waals surface area contributed by atoms with Crippen LogP contribution in [0.1, 0.15) is 17.3 Å². The molecule has 1 aromatic heterocycles. The molecular weight excluding hydrogens is 324 g/mol. The van der Waals surface area contributed by atoms with Gasteiger partial charge in [-0.05, 0) is 17.7 Å². The number of carboxylic acids is 1. The number of benzene rings is 1. The van der Waals surface area contributed by atoms with Crippen molar-refractivity contribution in [3.05, 3.63) is 41.5 Å². The zero-order valence-corrected chi connectivity index (χ0v) is 14.2. The minimum atomic E-state index is -0.974. The molecule has 25 heavy (non-hydrogen) atoms. The van der Waals surface area contributed by atoms with E-state index in [4.69, 9.17) is 14.4 Å². The van der Waals surface area contributed by atoms with Gasteiger partial charge in [-0.1, -0.05) is 17.3 Å². The quantitative estimate of drug-likeness (QED) is 0.798. The predicted octanol–water partition coefficient (Wildman–Crippen LogP) is 1.16. The summed E-state index contributed by atoms with van der Waals surface area (Å²) in [5, 5.41) is 12.6. The van der Waals surface area contributed by atoms with Gasteiger partial charge in [0.1, 0.15) is 5.75 Å². The number of aromatic nitrogens is 2. The Kier molecular flexibility index (Phi) is 5.62. The van der Waals surface area contributed by atoms with Crippen LogP contribution in [0.4, 0.5) is 0 Å². The molecule has 1 saturated heterocycles. The van der Waals surface area contributed by atoms with E-state index in [1.54, 1.807) is 6.92 Å². The van der Waals surface area contributed by atoms with Crippen LogP contribution in [0.2, 0.25) is 0 Å². The van der Waals surface area contributed by atoms with Gasteiger partial charge in [-0.3, -0.25) is 9.80 Å². The first-order chi connectivity index (χ1) is 12.1. The van der Waals surface area contributed by atoms with E-state index in [0.717, 1.165) is 45.1 Å². The van der Waals surface area contributed by atoms with E-state index in [1.165, 1.54) is 5.56 Å². The molecule has 0 atom stereocenters. The van der Waals surface area contributed by atoms with Crippen molar-refractivity contribution in [3.63, 3.8) is 0 Å². The molecule has 1 N–H and O–H groups in total. The number of nitrogens with zero attached hydrogens (tertiary/aromatic N) is 4. The van der Waals surface area contributed by atoms with E-state index in [0.29, 0.717) is 11.6 Å². The summed E-state index contributed by atoms with van der Waals surface area (Å²) >= 11 is 0. The fourth-order valence-electron chi connectivity index (χ4n) is 2.81. The van der Waals surface area contributed by atoms with Gasteiger partial charge >= 0.3 is 5.97 Å². The number of hydrogen-bond acceptors (Lipinski definition) is 7. The number of piperazine rings is 1. The Morgan fingerprint density at radius 2 is 1.80 bits per heavy atom. The zero-order chi connectivity index (χ0) is 17.6. The fourth-order valence-corrected chi connectivity index (χ4v) is 2.81.